The molecule has 0 radical (unpaired) electrons. The van der Waals surface area contributed by atoms with Crippen molar-refractivity contribution < 1.29 is 0 Å². The van der Waals surface area contributed by atoms with E-state index in [1.54, 1.807) is 6.20 Å². The van der Waals surface area contributed by atoms with E-state index in [-0.39, 0.29) is 0 Å². The van der Waals surface area contributed by atoms with Crippen molar-refractivity contribution in [3.05, 3.63) is 30.5 Å². The van der Waals surface area contributed by atoms with Crippen LogP contribution in [-0.4, -0.2) is 27.5 Å². The largest absolute Gasteiger partial charge is 0.317 e. The molecule has 4 nitrogen and oxygen atoms in total. The van der Waals surface area contributed by atoms with Gasteiger partial charge in [0.2, 0.25) is 0 Å². The van der Waals surface area contributed by atoms with Crippen LogP contribution < -0.4 is 5.32 Å². The lowest BCUT2D eigenvalue weighted by Gasteiger charge is -2.20. The second-order valence-electron chi connectivity index (χ2n) is 4.04. The lowest BCUT2D eigenvalue weighted by molar-refractivity contribution is 0.454. The quantitative estimate of drug-likeness (QED) is 0.755. The van der Waals surface area contributed by atoms with Crippen LogP contribution >= 0.6 is 0 Å². The highest BCUT2D eigenvalue weighted by molar-refractivity contribution is 5.38. The molecule has 0 spiro atoms. The number of imidazole rings is 1. The average molecular weight is 202 g/mol. The van der Waals surface area contributed by atoms with E-state index in [4.69, 9.17) is 0 Å². The molecule has 0 saturated carbocycles. The summed E-state index contributed by atoms with van der Waals surface area (Å²) < 4.78 is 2.00. The molecule has 0 bridgehead atoms. The van der Waals surface area contributed by atoms with Gasteiger partial charge in [-0.3, -0.25) is 4.40 Å². The molecule has 0 aromatic carbocycles. The van der Waals surface area contributed by atoms with Crippen molar-refractivity contribution in [1.29, 1.82) is 0 Å². The van der Waals surface area contributed by atoms with Gasteiger partial charge in [0.05, 0.1) is 5.69 Å². The smallest absolute Gasteiger partial charge is 0.139 e. The molecule has 2 aromatic rings. The first-order valence-corrected chi connectivity index (χ1v) is 5.43. The van der Waals surface area contributed by atoms with E-state index in [0.29, 0.717) is 5.92 Å². The van der Waals surface area contributed by atoms with Crippen molar-refractivity contribution in [3.8, 4) is 0 Å². The first kappa shape index (κ1) is 8.85. The first-order chi connectivity index (χ1) is 7.43. The molecule has 1 aliphatic heterocycles. The Labute approximate surface area is 88.4 Å². The second kappa shape index (κ2) is 3.62. The Bertz CT molecular complexity index is 423. The molecule has 1 fully saturated rings. The van der Waals surface area contributed by atoms with E-state index >= 15 is 0 Å². The SMILES string of the molecule is c1cc2nc(C3CCNCC3)cn2cn1. The Hall–Kier alpha value is -1.42. The van der Waals surface area contributed by atoms with Gasteiger partial charge in [0.1, 0.15) is 12.0 Å². The highest BCUT2D eigenvalue weighted by atomic mass is 15.0. The maximum Gasteiger partial charge on any atom is 0.139 e. The van der Waals surface area contributed by atoms with Gasteiger partial charge >= 0.3 is 0 Å². The van der Waals surface area contributed by atoms with Crippen LogP contribution in [0.3, 0.4) is 0 Å². The van der Waals surface area contributed by atoms with E-state index in [0.717, 1.165) is 18.7 Å². The molecule has 3 heterocycles. The van der Waals surface area contributed by atoms with Gasteiger partial charge in [-0.25, -0.2) is 9.97 Å². The Morgan fingerprint density at radius 1 is 1.33 bits per heavy atom. The molecule has 3 rings (SSSR count). The summed E-state index contributed by atoms with van der Waals surface area (Å²) >= 11 is 0. The van der Waals surface area contributed by atoms with Crippen LogP contribution in [0, 0.1) is 0 Å². The predicted octanol–water partition coefficient (Wildman–Crippen LogP) is 1.20. The van der Waals surface area contributed by atoms with E-state index in [9.17, 15) is 0 Å². The molecule has 0 unspecified atom stereocenters. The third-order valence-corrected chi connectivity index (χ3v) is 3.04. The van der Waals surface area contributed by atoms with E-state index in [1.807, 2.05) is 16.8 Å². The molecule has 0 atom stereocenters. The molecule has 0 aliphatic carbocycles. The van der Waals surface area contributed by atoms with Gasteiger partial charge in [-0.2, -0.15) is 0 Å². The van der Waals surface area contributed by atoms with Crippen molar-refractivity contribution in [2.75, 3.05) is 13.1 Å². The van der Waals surface area contributed by atoms with Crippen molar-refractivity contribution in [2.24, 2.45) is 0 Å². The topological polar surface area (TPSA) is 42.2 Å². The number of nitrogens with one attached hydrogen (secondary N) is 1. The monoisotopic (exact) mass is 202 g/mol. The highest BCUT2D eigenvalue weighted by Crippen LogP contribution is 2.24. The van der Waals surface area contributed by atoms with E-state index in [2.05, 4.69) is 21.5 Å². The van der Waals surface area contributed by atoms with Gasteiger partial charge in [0, 0.05) is 18.3 Å². The van der Waals surface area contributed by atoms with Gasteiger partial charge in [0.25, 0.3) is 0 Å². The zero-order valence-electron chi connectivity index (χ0n) is 8.56. The van der Waals surface area contributed by atoms with Gasteiger partial charge < -0.3 is 5.32 Å². The molecule has 1 N–H and O–H groups in total. The predicted molar refractivity (Wildman–Crippen MR) is 57.8 cm³/mol. The second-order valence-corrected chi connectivity index (χ2v) is 4.04. The highest BCUT2D eigenvalue weighted by Gasteiger charge is 2.17. The summed E-state index contributed by atoms with van der Waals surface area (Å²) in [5, 5.41) is 3.37. The lowest BCUT2D eigenvalue weighted by Crippen LogP contribution is -2.26. The number of nitrogens with zero attached hydrogens (tertiary/aromatic N) is 3. The lowest BCUT2D eigenvalue weighted by atomic mass is 9.95. The fourth-order valence-electron chi connectivity index (χ4n) is 2.18. The zero-order chi connectivity index (χ0) is 10.1. The maximum absolute atomic E-state index is 4.63. The zero-order valence-corrected chi connectivity index (χ0v) is 8.56. The summed E-state index contributed by atoms with van der Waals surface area (Å²) in [4.78, 5) is 8.71. The van der Waals surface area contributed by atoms with E-state index in [1.165, 1.54) is 18.5 Å². The third kappa shape index (κ3) is 1.61. The molecule has 1 aliphatic rings. The maximum atomic E-state index is 4.63. The number of hydrogen-bond acceptors (Lipinski definition) is 3. The summed E-state index contributed by atoms with van der Waals surface area (Å²) in [6, 6.07) is 1.95. The molecular formula is C11H14N4. The molecule has 78 valence electrons. The van der Waals surface area contributed by atoms with Crippen LogP contribution in [-0.2, 0) is 0 Å². The molecule has 1 saturated heterocycles. The molecule has 4 heteroatoms. The third-order valence-electron chi connectivity index (χ3n) is 3.04. The standard InChI is InChI=1S/C11H14N4/c1-4-12-5-2-9(1)10-7-15-8-13-6-3-11(15)14-10/h3,6-9,12H,1-2,4-5H2. The normalized spacial score (nSPS) is 18.4. The summed E-state index contributed by atoms with van der Waals surface area (Å²) in [5.74, 6) is 0.617. The summed E-state index contributed by atoms with van der Waals surface area (Å²) in [7, 11) is 0. The van der Waals surface area contributed by atoms with Gasteiger partial charge in [0.15, 0.2) is 0 Å². The van der Waals surface area contributed by atoms with Crippen molar-refractivity contribution in [1.82, 2.24) is 19.7 Å². The molecule has 2 aromatic heterocycles. The van der Waals surface area contributed by atoms with Crippen molar-refractivity contribution >= 4 is 5.65 Å². The Morgan fingerprint density at radius 3 is 3.00 bits per heavy atom. The molecule has 15 heavy (non-hydrogen) atoms. The summed E-state index contributed by atoms with van der Waals surface area (Å²) in [6.07, 6.45) is 8.09. The average Bonchev–Trinajstić information content (AvgIpc) is 2.74. The minimum absolute atomic E-state index is 0.617. The van der Waals surface area contributed by atoms with Crippen LogP contribution in [0.15, 0.2) is 24.8 Å². The van der Waals surface area contributed by atoms with Crippen LogP contribution in [0.2, 0.25) is 0 Å². The minimum Gasteiger partial charge on any atom is -0.317 e. The fourth-order valence-corrected chi connectivity index (χ4v) is 2.18. The minimum atomic E-state index is 0.617. The molecular weight excluding hydrogens is 188 g/mol. The van der Waals surface area contributed by atoms with Gasteiger partial charge in [-0.15, -0.1) is 0 Å². The number of hydrogen-bond donors (Lipinski definition) is 1. The van der Waals surface area contributed by atoms with Crippen LogP contribution in [0.4, 0.5) is 0 Å². The number of piperidine rings is 1. The Morgan fingerprint density at radius 2 is 2.20 bits per heavy atom. The van der Waals surface area contributed by atoms with Crippen LogP contribution in [0.1, 0.15) is 24.5 Å². The molecule has 0 amide bonds. The summed E-state index contributed by atoms with van der Waals surface area (Å²) in [6.45, 7) is 2.22. The van der Waals surface area contributed by atoms with Gasteiger partial charge in [-0.1, -0.05) is 0 Å². The summed E-state index contributed by atoms with van der Waals surface area (Å²) in [5.41, 5.74) is 2.21. The number of fused-ring (bicyclic) bond motifs is 1. The number of rotatable bonds is 1. The number of aromatic nitrogens is 3. The van der Waals surface area contributed by atoms with Gasteiger partial charge in [-0.05, 0) is 32.0 Å². The van der Waals surface area contributed by atoms with Crippen molar-refractivity contribution in [3.63, 3.8) is 0 Å². The fraction of sp³-hybridized carbons (Fsp3) is 0.455. The Balaban J connectivity index is 1.96. The first-order valence-electron chi connectivity index (χ1n) is 5.43. The van der Waals surface area contributed by atoms with Crippen LogP contribution in [0.25, 0.3) is 5.65 Å². The van der Waals surface area contributed by atoms with Crippen molar-refractivity contribution in [2.45, 2.75) is 18.8 Å². The Kier molecular flexibility index (Phi) is 2.14. The van der Waals surface area contributed by atoms with Crippen LogP contribution in [0.5, 0.6) is 0 Å². The van der Waals surface area contributed by atoms with E-state index < -0.39 is 0 Å².